The van der Waals surface area contributed by atoms with Crippen LogP contribution in [0.4, 0.5) is 0 Å². The Labute approximate surface area is 303 Å². The normalized spacial score (nSPS) is 19.9. The van der Waals surface area contributed by atoms with Crippen molar-refractivity contribution in [2.45, 2.75) is 173 Å². The lowest BCUT2D eigenvalue weighted by atomic mass is 10.0. The molecule has 1 aromatic heterocycles. The van der Waals surface area contributed by atoms with Gasteiger partial charge in [-0.15, -0.1) is 0 Å². The number of hydrogen-bond donors (Lipinski definition) is 4. The zero-order valence-corrected chi connectivity index (χ0v) is 31.8. The maximum absolute atomic E-state index is 12.4. The minimum Gasteiger partial charge on any atom is -0.453 e. The number of aromatic nitrogens is 2. The molecule has 14 nitrogen and oxygen atoms in total. The number of aliphatic hydroxyl groups is 1. The Morgan fingerprint density at radius 2 is 1.47 bits per heavy atom. The van der Waals surface area contributed by atoms with Crippen molar-refractivity contribution in [1.29, 1.82) is 0 Å². The second kappa shape index (κ2) is 27.3. The summed E-state index contributed by atoms with van der Waals surface area (Å²) in [5.74, 6) is -0.683. The van der Waals surface area contributed by atoms with Crippen molar-refractivity contribution in [3.05, 3.63) is 33.1 Å². The second-order valence-electron chi connectivity index (χ2n) is 13.5. The van der Waals surface area contributed by atoms with Gasteiger partial charge in [0, 0.05) is 31.8 Å². The fraction of sp³-hybridized carbons (Fsp3) is 0.833. The monoisotopic (exact) mass is 745 g/mol. The number of nitrogens with one attached hydrogen (secondary N) is 2. The molecule has 0 saturated carbocycles. The molecule has 6 atom stereocenters. The first-order valence-corrected chi connectivity index (χ1v) is 20.5. The predicted octanol–water partition coefficient (Wildman–Crippen LogP) is 5.45. The van der Waals surface area contributed by atoms with Gasteiger partial charge in [-0.3, -0.25) is 28.5 Å². The van der Waals surface area contributed by atoms with Gasteiger partial charge < -0.3 is 34.1 Å². The third kappa shape index (κ3) is 18.8. The van der Waals surface area contributed by atoms with Gasteiger partial charge in [-0.25, -0.2) is 4.79 Å². The Morgan fingerprint density at radius 1 is 0.902 bits per heavy atom. The van der Waals surface area contributed by atoms with E-state index in [-0.39, 0.29) is 18.5 Å². The number of rotatable bonds is 30. The summed E-state index contributed by atoms with van der Waals surface area (Å²) in [5, 5.41) is 12.5. The number of aliphatic hydroxyl groups excluding tert-OH is 1. The van der Waals surface area contributed by atoms with Crippen LogP contribution in [0.25, 0.3) is 0 Å². The number of unbranched alkanes of at least 4 members (excludes halogenated alkanes) is 17. The summed E-state index contributed by atoms with van der Waals surface area (Å²) in [7, 11) is -3.42. The summed E-state index contributed by atoms with van der Waals surface area (Å²) >= 11 is 0. The summed E-state index contributed by atoms with van der Waals surface area (Å²) < 4.78 is 34.6. The molecule has 0 aromatic carbocycles. The molecule has 0 bridgehead atoms. The van der Waals surface area contributed by atoms with E-state index in [9.17, 15) is 33.7 Å². The van der Waals surface area contributed by atoms with Crippen LogP contribution in [0.1, 0.15) is 148 Å². The Kier molecular flexibility index (Phi) is 24.0. The van der Waals surface area contributed by atoms with E-state index in [1.807, 2.05) is 0 Å². The largest absolute Gasteiger partial charge is 0.453 e. The maximum Gasteiger partial charge on any atom is 0.330 e. The molecule has 51 heavy (non-hydrogen) atoms. The number of carbonyl (C=O) groups is 2. The first-order chi connectivity index (χ1) is 24.7. The average Bonchev–Trinajstić information content (AvgIpc) is 3.43. The Balaban J connectivity index is 1.52. The smallest absolute Gasteiger partial charge is 0.330 e. The lowest BCUT2D eigenvalue weighted by molar-refractivity contribution is -0.154. The standard InChI is InChI=1S/C36H64N3O11P/c1-3-4-5-6-7-8-9-10-11-12-13-14-15-16-19-22-31(42)48-28(2)34(43)37-24-20-17-18-21-26-47-33-32(50-51(45)46)29(27-40)49-35(33)39-25-23-30(41)38-36(39)44/h23,25,28-29,32-33,35,40,51H,3-22,24,26-27H2,1-2H3,(H,37,43)(H,45,46)(H,38,41,44)/t28?,29-,32+,33?,35-/m1/s1. The number of hydrogen-bond acceptors (Lipinski definition) is 10. The molecule has 3 unspecified atom stereocenters. The molecular weight excluding hydrogens is 681 g/mol. The van der Waals surface area contributed by atoms with E-state index in [1.165, 1.54) is 83.2 Å². The number of esters is 1. The van der Waals surface area contributed by atoms with E-state index < -0.39 is 56.8 Å². The highest BCUT2D eigenvalue weighted by molar-refractivity contribution is 7.32. The molecule has 0 aliphatic carbocycles. The van der Waals surface area contributed by atoms with E-state index in [4.69, 9.17) is 18.7 Å². The molecule has 1 aliphatic rings. The molecule has 0 radical (unpaired) electrons. The summed E-state index contributed by atoms with van der Waals surface area (Å²) in [6.45, 7) is 3.91. The third-order valence-corrected chi connectivity index (χ3v) is 9.64. The minimum atomic E-state index is -3.42. The third-order valence-electron chi connectivity index (χ3n) is 9.17. The fourth-order valence-electron chi connectivity index (χ4n) is 6.25. The van der Waals surface area contributed by atoms with E-state index >= 15 is 0 Å². The molecule has 1 saturated heterocycles. The Morgan fingerprint density at radius 3 is 2.04 bits per heavy atom. The van der Waals surface area contributed by atoms with Crippen molar-refractivity contribution in [1.82, 2.24) is 14.9 Å². The molecule has 1 aromatic rings. The lowest BCUT2D eigenvalue weighted by Gasteiger charge is -2.24. The highest BCUT2D eigenvalue weighted by Gasteiger charge is 2.48. The number of aromatic amines is 1. The van der Waals surface area contributed by atoms with Crippen LogP contribution >= 0.6 is 8.25 Å². The number of ether oxygens (including phenoxy) is 3. The second-order valence-corrected chi connectivity index (χ2v) is 14.3. The van der Waals surface area contributed by atoms with Crippen LogP contribution in [0.15, 0.2) is 21.9 Å². The van der Waals surface area contributed by atoms with Gasteiger partial charge in [-0.05, 0) is 26.2 Å². The highest BCUT2D eigenvalue weighted by Crippen LogP contribution is 2.37. The summed E-state index contributed by atoms with van der Waals surface area (Å²) in [4.78, 5) is 60.0. The van der Waals surface area contributed by atoms with Gasteiger partial charge in [0.2, 0.25) is 0 Å². The van der Waals surface area contributed by atoms with Crippen molar-refractivity contribution >= 4 is 20.1 Å². The number of H-pyrrole nitrogens is 1. The van der Waals surface area contributed by atoms with Crippen LogP contribution in [-0.4, -0.2) is 75.6 Å². The Bertz CT molecular complexity index is 1240. The Hall–Kier alpha value is -2.35. The van der Waals surface area contributed by atoms with Gasteiger partial charge in [0.1, 0.15) is 18.3 Å². The van der Waals surface area contributed by atoms with Crippen LogP contribution in [0.5, 0.6) is 0 Å². The fourth-order valence-corrected chi connectivity index (χ4v) is 6.77. The molecular formula is C36H64N3O11P. The van der Waals surface area contributed by atoms with Gasteiger partial charge in [0.05, 0.1) is 6.61 Å². The molecule has 294 valence electrons. The van der Waals surface area contributed by atoms with Gasteiger partial charge in [0.25, 0.3) is 11.5 Å². The average molecular weight is 746 g/mol. The topological polar surface area (TPSA) is 195 Å². The van der Waals surface area contributed by atoms with E-state index in [0.29, 0.717) is 25.8 Å². The van der Waals surface area contributed by atoms with E-state index in [0.717, 1.165) is 42.7 Å². The molecule has 2 rings (SSSR count). The van der Waals surface area contributed by atoms with Crippen LogP contribution in [0.2, 0.25) is 0 Å². The summed E-state index contributed by atoms with van der Waals surface area (Å²) in [6, 6.07) is 1.13. The van der Waals surface area contributed by atoms with Crippen molar-refractivity contribution < 1.29 is 42.9 Å². The molecule has 15 heteroatoms. The van der Waals surface area contributed by atoms with Crippen molar-refractivity contribution in [2.24, 2.45) is 0 Å². The number of nitrogens with zero attached hydrogens (tertiary/aromatic N) is 1. The van der Waals surface area contributed by atoms with Gasteiger partial charge in [0.15, 0.2) is 12.3 Å². The molecule has 2 heterocycles. The first kappa shape index (κ1) is 44.8. The van der Waals surface area contributed by atoms with Crippen LogP contribution in [-0.2, 0) is 32.9 Å². The molecule has 4 N–H and O–H groups in total. The van der Waals surface area contributed by atoms with Gasteiger partial charge >= 0.3 is 19.9 Å². The SMILES string of the molecule is CCCCCCCCCCCCCCCCCC(=O)OC(C)C(=O)NCCCCCCOC1[C@@H](O[PH](=O)O)[C@@H](CO)O[C@H]1n1ccc(=O)[nH]c1=O. The zero-order chi connectivity index (χ0) is 37.3. The van der Waals surface area contributed by atoms with E-state index in [1.54, 1.807) is 6.92 Å². The quantitative estimate of drug-likeness (QED) is 0.0444. The molecule has 1 aliphatic heterocycles. The van der Waals surface area contributed by atoms with E-state index in [2.05, 4.69) is 17.2 Å². The zero-order valence-electron chi connectivity index (χ0n) is 30.8. The molecule has 1 fully saturated rings. The summed E-state index contributed by atoms with van der Waals surface area (Å²) in [5.41, 5.74) is -1.36. The molecule has 1 amide bonds. The van der Waals surface area contributed by atoms with Crippen molar-refractivity contribution in [3.8, 4) is 0 Å². The van der Waals surface area contributed by atoms with Crippen LogP contribution in [0, 0.1) is 0 Å². The van der Waals surface area contributed by atoms with Crippen molar-refractivity contribution in [2.75, 3.05) is 19.8 Å². The summed E-state index contributed by atoms with van der Waals surface area (Å²) in [6.07, 6.45) is 18.1. The number of carbonyl (C=O) groups excluding carboxylic acids is 2. The molecule has 0 spiro atoms. The van der Waals surface area contributed by atoms with Gasteiger partial charge in [-0.1, -0.05) is 110 Å². The van der Waals surface area contributed by atoms with Crippen molar-refractivity contribution in [3.63, 3.8) is 0 Å². The van der Waals surface area contributed by atoms with Crippen LogP contribution < -0.4 is 16.6 Å². The minimum absolute atomic E-state index is 0.200. The number of amides is 1. The highest BCUT2D eigenvalue weighted by atomic mass is 31.1. The first-order valence-electron chi connectivity index (χ1n) is 19.2. The van der Waals surface area contributed by atoms with Gasteiger partial charge in [-0.2, -0.15) is 0 Å². The maximum atomic E-state index is 12.4. The predicted molar refractivity (Wildman–Crippen MR) is 195 cm³/mol. The van der Waals surface area contributed by atoms with Crippen LogP contribution in [0.3, 0.4) is 0 Å². The lowest BCUT2D eigenvalue weighted by Crippen LogP contribution is -2.40.